The lowest BCUT2D eigenvalue weighted by Crippen LogP contribution is -1.97. The fraction of sp³-hybridized carbons (Fsp3) is 0.208. The number of carbonyl (C=O) groups is 1. The summed E-state index contributed by atoms with van der Waals surface area (Å²) in [5.41, 5.74) is 2.80. The predicted molar refractivity (Wildman–Crippen MR) is 112 cm³/mol. The molecule has 0 amide bonds. The van der Waals surface area contributed by atoms with Crippen molar-refractivity contribution in [3.05, 3.63) is 82.8 Å². The summed E-state index contributed by atoms with van der Waals surface area (Å²) >= 11 is 0. The smallest absolute Gasteiger partial charge is 0.186 e. The minimum absolute atomic E-state index is 0.157. The number of hydrogen-bond donors (Lipinski definition) is 0. The van der Waals surface area contributed by atoms with Crippen LogP contribution in [0, 0.1) is 13.8 Å². The Balaban J connectivity index is 1.63. The molecule has 3 aromatic rings. The third kappa shape index (κ3) is 5.29. The van der Waals surface area contributed by atoms with Crippen molar-refractivity contribution in [1.29, 1.82) is 0 Å². The summed E-state index contributed by atoms with van der Waals surface area (Å²) < 4.78 is 22.0. The highest BCUT2D eigenvalue weighted by Gasteiger charge is 2.09. The van der Waals surface area contributed by atoms with Crippen molar-refractivity contribution in [1.82, 2.24) is 0 Å². The Morgan fingerprint density at radius 3 is 2.34 bits per heavy atom. The molecule has 0 bridgehead atoms. The maximum atomic E-state index is 12.4. The zero-order valence-corrected chi connectivity index (χ0v) is 17.0. The van der Waals surface area contributed by atoms with Crippen LogP contribution < -0.4 is 14.2 Å². The molecule has 0 aliphatic heterocycles. The maximum Gasteiger partial charge on any atom is 0.186 e. The van der Waals surface area contributed by atoms with E-state index in [2.05, 4.69) is 6.07 Å². The number of carbonyl (C=O) groups excluding carboxylic acids is 1. The molecule has 150 valence electrons. The molecule has 1 heterocycles. The highest BCUT2D eigenvalue weighted by atomic mass is 16.5. The van der Waals surface area contributed by atoms with E-state index in [9.17, 15) is 4.79 Å². The van der Waals surface area contributed by atoms with E-state index in [0.29, 0.717) is 35.2 Å². The van der Waals surface area contributed by atoms with Gasteiger partial charge in [0.25, 0.3) is 0 Å². The summed E-state index contributed by atoms with van der Waals surface area (Å²) in [4.78, 5) is 12.4. The minimum atomic E-state index is -0.157. The molecule has 0 N–H and O–H groups in total. The molecule has 1 aromatic heterocycles. The fourth-order valence-electron chi connectivity index (χ4n) is 2.98. The number of hydrogen-bond acceptors (Lipinski definition) is 5. The Morgan fingerprint density at radius 2 is 1.66 bits per heavy atom. The molecule has 5 nitrogen and oxygen atoms in total. The van der Waals surface area contributed by atoms with Crippen LogP contribution >= 0.6 is 0 Å². The summed E-state index contributed by atoms with van der Waals surface area (Å²) in [6.45, 7) is 4.39. The molecule has 0 saturated heterocycles. The summed E-state index contributed by atoms with van der Waals surface area (Å²) in [7, 11) is 3.09. The average molecular weight is 392 g/mol. The molecule has 5 heteroatoms. The van der Waals surface area contributed by atoms with Gasteiger partial charge in [0.1, 0.15) is 23.9 Å². The van der Waals surface area contributed by atoms with Crippen molar-refractivity contribution in [2.24, 2.45) is 0 Å². The first-order chi connectivity index (χ1) is 14.0. The largest absolute Gasteiger partial charge is 0.493 e. The van der Waals surface area contributed by atoms with Gasteiger partial charge in [-0.15, -0.1) is 0 Å². The molecule has 3 rings (SSSR count). The van der Waals surface area contributed by atoms with Gasteiger partial charge in [0, 0.05) is 5.56 Å². The van der Waals surface area contributed by atoms with Crippen LogP contribution in [0.15, 0.2) is 59.0 Å². The normalized spacial score (nSPS) is 10.9. The Labute approximate surface area is 170 Å². The predicted octanol–water partition coefficient (Wildman–Crippen LogP) is 5.39. The van der Waals surface area contributed by atoms with E-state index in [4.69, 9.17) is 18.6 Å². The molecule has 29 heavy (non-hydrogen) atoms. The summed E-state index contributed by atoms with van der Waals surface area (Å²) in [5.74, 6) is 3.00. The van der Waals surface area contributed by atoms with Gasteiger partial charge in [0.2, 0.25) is 0 Å². The molecule has 0 aliphatic rings. The number of ether oxygens (including phenoxy) is 3. The van der Waals surface area contributed by atoms with Gasteiger partial charge in [0.05, 0.1) is 14.2 Å². The molecule has 0 radical (unpaired) electrons. The average Bonchev–Trinajstić information content (AvgIpc) is 3.17. The first-order valence-corrected chi connectivity index (χ1v) is 9.22. The van der Waals surface area contributed by atoms with E-state index in [1.54, 1.807) is 37.5 Å². The van der Waals surface area contributed by atoms with Gasteiger partial charge in [-0.1, -0.05) is 6.07 Å². The lowest BCUT2D eigenvalue weighted by Gasteiger charge is -2.07. The van der Waals surface area contributed by atoms with E-state index in [1.165, 1.54) is 13.2 Å². The van der Waals surface area contributed by atoms with Crippen LogP contribution in [0.5, 0.6) is 17.2 Å². The van der Waals surface area contributed by atoms with E-state index >= 15 is 0 Å². The van der Waals surface area contributed by atoms with E-state index < -0.39 is 0 Å². The van der Waals surface area contributed by atoms with Gasteiger partial charge < -0.3 is 18.6 Å². The van der Waals surface area contributed by atoms with E-state index in [-0.39, 0.29) is 5.78 Å². The first kappa shape index (κ1) is 20.3. The zero-order valence-electron chi connectivity index (χ0n) is 17.0. The summed E-state index contributed by atoms with van der Waals surface area (Å²) in [5, 5.41) is 0. The van der Waals surface area contributed by atoms with Crippen LogP contribution in [-0.2, 0) is 6.61 Å². The van der Waals surface area contributed by atoms with Gasteiger partial charge in [0.15, 0.2) is 17.3 Å². The van der Waals surface area contributed by atoms with Crippen molar-refractivity contribution < 1.29 is 23.4 Å². The van der Waals surface area contributed by atoms with E-state index in [1.807, 2.05) is 32.0 Å². The molecule has 0 aliphatic carbocycles. The van der Waals surface area contributed by atoms with Gasteiger partial charge in [-0.05, 0) is 79.6 Å². The van der Waals surface area contributed by atoms with Crippen molar-refractivity contribution in [3.63, 3.8) is 0 Å². The second-order valence-corrected chi connectivity index (χ2v) is 6.68. The van der Waals surface area contributed by atoms with Crippen LogP contribution in [0.1, 0.15) is 33.0 Å². The SMILES string of the molecule is COc1ccc(C(=O)/C=C/c2ccc(COc3cc(C)cc(C)c3)o2)cc1OC. The minimum Gasteiger partial charge on any atom is -0.493 e. The van der Waals surface area contributed by atoms with Gasteiger partial charge >= 0.3 is 0 Å². The standard InChI is InChI=1S/C24H24O5/c1-16-11-17(2)13-21(12-16)28-15-20-7-6-19(29-20)8-9-22(25)18-5-10-23(26-3)24(14-18)27-4/h5-14H,15H2,1-4H3/b9-8+. The zero-order chi connectivity index (χ0) is 20.8. The Kier molecular flexibility index (Phi) is 6.39. The fourth-order valence-corrected chi connectivity index (χ4v) is 2.98. The first-order valence-electron chi connectivity index (χ1n) is 9.22. The number of allylic oxidation sites excluding steroid dienone is 1. The third-order valence-electron chi connectivity index (χ3n) is 4.33. The van der Waals surface area contributed by atoms with Crippen LogP contribution in [0.25, 0.3) is 6.08 Å². The molecule has 0 spiro atoms. The maximum absolute atomic E-state index is 12.4. The van der Waals surface area contributed by atoms with Gasteiger partial charge in [-0.25, -0.2) is 0 Å². The quantitative estimate of drug-likeness (QED) is 0.380. The van der Waals surface area contributed by atoms with Crippen LogP contribution in [0.3, 0.4) is 0 Å². The topological polar surface area (TPSA) is 57.9 Å². The Morgan fingerprint density at radius 1 is 0.931 bits per heavy atom. The van der Waals surface area contributed by atoms with Crippen LogP contribution in [0.2, 0.25) is 0 Å². The number of aryl methyl sites for hydroxylation is 2. The van der Waals surface area contributed by atoms with Crippen molar-refractivity contribution in [2.45, 2.75) is 20.5 Å². The Hall–Kier alpha value is -3.47. The molecular formula is C24H24O5. The highest BCUT2D eigenvalue weighted by molar-refractivity contribution is 6.07. The van der Waals surface area contributed by atoms with Gasteiger partial charge in [-0.3, -0.25) is 4.79 Å². The molecule has 0 unspecified atom stereocenters. The highest BCUT2D eigenvalue weighted by Crippen LogP contribution is 2.28. The van der Waals surface area contributed by atoms with E-state index in [0.717, 1.165) is 16.9 Å². The molecular weight excluding hydrogens is 368 g/mol. The summed E-state index contributed by atoms with van der Waals surface area (Å²) in [6, 6.07) is 14.8. The molecule has 0 saturated carbocycles. The Bertz CT molecular complexity index is 1010. The van der Waals surface area contributed by atoms with Crippen molar-refractivity contribution in [3.8, 4) is 17.2 Å². The van der Waals surface area contributed by atoms with Crippen LogP contribution in [-0.4, -0.2) is 20.0 Å². The number of benzene rings is 2. The number of methoxy groups -OCH3 is 2. The lowest BCUT2D eigenvalue weighted by atomic mass is 10.1. The lowest BCUT2D eigenvalue weighted by molar-refractivity contribution is 0.104. The second-order valence-electron chi connectivity index (χ2n) is 6.68. The third-order valence-corrected chi connectivity index (χ3v) is 4.33. The van der Waals surface area contributed by atoms with Gasteiger partial charge in [-0.2, -0.15) is 0 Å². The van der Waals surface area contributed by atoms with Crippen molar-refractivity contribution >= 4 is 11.9 Å². The number of rotatable bonds is 8. The van der Waals surface area contributed by atoms with Crippen molar-refractivity contribution in [2.75, 3.05) is 14.2 Å². The van der Waals surface area contributed by atoms with Crippen LogP contribution in [0.4, 0.5) is 0 Å². The number of furan rings is 1. The molecule has 0 atom stereocenters. The monoisotopic (exact) mass is 392 g/mol. The summed E-state index contributed by atoms with van der Waals surface area (Å²) in [6.07, 6.45) is 3.11. The number of ketones is 1. The molecule has 2 aromatic carbocycles. The molecule has 0 fully saturated rings. The second kappa shape index (κ2) is 9.15.